The molecular weight excluding hydrogens is 386 g/mol. The van der Waals surface area contributed by atoms with Gasteiger partial charge in [0.15, 0.2) is 15.8 Å². The SMILES string of the molecule is CN=C(NCCCNC(=O)OC(C)(C)C)NCCC(=O)NC1CCS(=O)(=O)C1. The monoisotopic (exact) mass is 419 g/mol. The van der Waals surface area contributed by atoms with Crippen molar-refractivity contribution >= 4 is 27.8 Å². The number of carbonyl (C=O) groups excluding carboxylic acids is 2. The number of aliphatic imine (C=N–C) groups is 1. The molecule has 0 aliphatic carbocycles. The van der Waals surface area contributed by atoms with E-state index in [-0.39, 0.29) is 29.9 Å². The summed E-state index contributed by atoms with van der Waals surface area (Å²) in [5.41, 5.74) is -0.521. The van der Waals surface area contributed by atoms with Crippen LogP contribution in [0.1, 0.15) is 40.0 Å². The van der Waals surface area contributed by atoms with Crippen LogP contribution >= 0.6 is 0 Å². The lowest BCUT2D eigenvalue weighted by atomic mass is 10.2. The third kappa shape index (κ3) is 11.0. The largest absolute Gasteiger partial charge is 0.444 e. The van der Waals surface area contributed by atoms with Gasteiger partial charge in [-0.15, -0.1) is 0 Å². The van der Waals surface area contributed by atoms with E-state index in [9.17, 15) is 18.0 Å². The quantitative estimate of drug-likeness (QED) is 0.242. The Hall–Kier alpha value is -2.04. The normalized spacial score (nSPS) is 19.0. The lowest BCUT2D eigenvalue weighted by Crippen LogP contribution is -2.42. The number of nitrogens with zero attached hydrogens (tertiary/aromatic N) is 1. The third-order valence-corrected chi connectivity index (χ3v) is 5.55. The van der Waals surface area contributed by atoms with E-state index < -0.39 is 21.5 Å². The Morgan fingerprint density at radius 3 is 2.32 bits per heavy atom. The molecule has 1 rings (SSSR count). The minimum atomic E-state index is -3.00. The predicted octanol–water partition coefficient (Wildman–Crippen LogP) is -0.240. The molecule has 28 heavy (non-hydrogen) atoms. The molecule has 11 heteroatoms. The molecule has 0 spiro atoms. The molecule has 0 aromatic carbocycles. The molecule has 1 atom stereocenters. The van der Waals surface area contributed by atoms with Crippen LogP contribution in [0.15, 0.2) is 4.99 Å². The van der Waals surface area contributed by atoms with E-state index in [0.717, 1.165) is 0 Å². The number of ether oxygens (including phenoxy) is 1. The maximum Gasteiger partial charge on any atom is 0.407 e. The fourth-order valence-electron chi connectivity index (χ4n) is 2.52. The minimum absolute atomic E-state index is 0.0206. The van der Waals surface area contributed by atoms with Gasteiger partial charge in [0.25, 0.3) is 0 Å². The Labute approximate surface area is 167 Å². The molecule has 0 bridgehead atoms. The molecule has 1 aliphatic heterocycles. The van der Waals surface area contributed by atoms with Crippen LogP contribution in [-0.4, -0.2) is 76.2 Å². The Morgan fingerprint density at radius 1 is 1.11 bits per heavy atom. The van der Waals surface area contributed by atoms with Gasteiger partial charge in [0, 0.05) is 39.1 Å². The van der Waals surface area contributed by atoms with Crippen molar-refractivity contribution in [1.29, 1.82) is 0 Å². The highest BCUT2D eigenvalue weighted by molar-refractivity contribution is 7.91. The summed E-state index contributed by atoms with van der Waals surface area (Å²) in [6, 6.07) is -0.285. The minimum Gasteiger partial charge on any atom is -0.444 e. The van der Waals surface area contributed by atoms with E-state index in [4.69, 9.17) is 4.74 Å². The maximum atomic E-state index is 11.9. The Balaban J connectivity index is 2.12. The van der Waals surface area contributed by atoms with Crippen molar-refractivity contribution in [2.45, 2.75) is 51.7 Å². The predicted molar refractivity (Wildman–Crippen MR) is 108 cm³/mol. The van der Waals surface area contributed by atoms with E-state index >= 15 is 0 Å². The van der Waals surface area contributed by atoms with Gasteiger partial charge in [0.05, 0.1) is 11.5 Å². The molecule has 1 fully saturated rings. The Bertz CT molecular complexity index is 657. The van der Waals surface area contributed by atoms with E-state index in [1.165, 1.54) is 0 Å². The molecule has 0 radical (unpaired) electrons. The summed E-state index contributed by atoms with van der Waals surface area (Å²) in [7, 11) is -1.38. The van der Waals surface area contributed by atoms with Crippen molar-refractivity contribution in [2.75, 3.05) is 38.2 Å². The van der Waals surface area contributed by atoms with Gasteiger partial charge in [-0.25, -0.2) is 13.2 Å². The highest BCUT2D eigenvalue weighted by Gasteiger charge is 2.28. The summed E-state index contributed by atoms with van der Waals surface area (Å²) in [5, 5.41) is 11.5. The zero-order valence-corrected chi connectivity index (χ0v) is 17.9. The Morgan fingerprint density at radius 2 is 1.75 bits per heavy atom. The molecule has 10 nitrogen and oxygen atoms in total. The smallest absolute Gasteiger partial charge is 0.407 e. The van der Waals surface area contributed by atoms with Gasteiger partial charge in [0.2, 0.25) is 5.91 Å². The second kappa shape index (κ2) is 11.1. The van der Waals surface area contributed by atoms with Crippen LogP contribution in [0.2, 0.25) is 0 Å². The highest BCUT2D eigenvalue weighted by Crippen LogP contribution is 2.11. The van der Waals surface area contributed by atoms with E-state index in [2.05, 4.69) is 26.3 Å². The first kappa shape index (κ1) is 24.0. The first-order valence-corrected chi connectivity index (χ1v) is 11.2. The van der Waals surface area contributed by atoms with Gasteiger partial charge in [-0.05, 0) is 33.6 Å². The molecular formula is C17H33N5O5S. The first-order valence-electron chi connectivity index (χ1n) is 9.42. The van der Waals surface area contributed by atoms with Crippen LogP contribution in [-0.2, 0) is 19.4 Å². The highest BCUT2D eigenvalue weighted by atomic mass is 32.2. The zero-order valence-electron chi connectivity index (χ0n) is 17.1. The molecule has 4 N–H and O–H groups in total. The second-order valence-corrected chi connectivity index (χ2v) is 9.85. The summed E-state index contributed by atoms with van der Waals surface area (Å²) in [5.74, 6) is 0.516. The summed E-state index contributed by atoms with van der Waals surface area (Å²) < 4.78 is 27.9. The van der Waals surface area contributed by atoms with Crippen LogP contribution in [0.3, 0.4) is 0 Å². The number of amides is 2. The standard InChI is InChI=1S/C17H33N5O5S/c1-17(2,3)27-16(24)21-9-5-8-19-15(18-4)20-10-6-14(23)22-13-7-11-28(25,26)12-13/h13H,5-12H2,1-4H3,(H,21,24)(H,22,23)(H2,18,19,20). The lowest BCUT2D eigenvalue weighted by Gasteiger charge is -2.19. The van der Waals surface area contributed by atoms with Crippen LogP contribution in [0, 0.1) is 0 Å². The number of hydrogen-bond acceptors (Lipinski definition) is 6. The van der Waals surface area contributed by atoms with E-state index in [1.807, 2.05) is 0 Å². The first-order chi connectivity index (χ1) is 13.0. The summed E-state index contributed by atoms with van der Waals surface area (Å²) in [6.45, 7) is 6.84. The maximum absolute atomic E-state index is 11.9. The number of hydrogen-bond donors (Lipinski definition) is 4. The van der Waals surface area contributed by atoms with Gasteiger partial charge < -0.3 is 26.0 Å². The molecule has 0 saturated carbocycles. The number of sulfone groups is 1. The van der Waals surface area contributed by atoms with Crippen molar-refractivity contribution in [1.82, 2.24) is 21.3 Å². The number of guanidine groups is 1. The van der Waals surface area contributed by atoms with Crippen molar-refractivity contribution in [3.63, 3.8) is 0 Å². The fourth-order valence-corrected chi connectivity index (χ4v) is 4.20. The fraction of sp³-hybridized carbons (Fsp3) is 0.824. The molecule has 0 aromatic rings. The average molecular weight is 420 g/mol. The summed E-state index contributed by atoms with van der Waals surface area (Å²) >= 11 is 0. The molecule has 1 aliphatic rings. The van der Waals surface area contributed by atoms with Crippen LogP contribution in [0.25, 0.3) is 0 Å². The summed E-state index contributed by atoms with van der Waals surface area (Å²) in [6.07, 6.45) is 0.923. The number of carbonyl (C=O) groups is 2. The number of nitrogens with one attached hydrogen (secondary N) is 4. The number of alkyl carbamates (subject to hydrolysis) is 1. The van der Waals surface area contributed by atoms with Crippen molar-refractivity contribution in [3.05, 3.63) is 0 Å². The number of rotatable bonds is 8. The van der Waals surface area contributed by atoms with Gasteiger partial charge >= 0.3 is 6.09 Å². The van der Waals surface area contributed by atoms with Crippen LogP contribution < -0.4 is 21.3 Å². The topological polar surface area (TPSA) is 138 Å². The van der Waals surface area contributed by atoms with Gasteiger partial charge in [-0.2, -0.15) is 0 Å². The van der Waals surface area contributed by atoms with Crippen molar-refractivity contribution in [3.8, 4) is 0 Å². The third-order valence-electron chi connectivity index (χ3n) is 3.78. The molecule has 162 valence electrons. The molecule has 1 heterocycles. The van der Waals surface area contributed by atoms with Gasteiger partial charge in [-0.1, -0.05) is 0 Å². The molecule has 1 saturated heterocycles. The van der Waals surface area contributed by atoms with Crippen molar-refractivity contribution < 1.29 is 22.7 Å². The lowest BCUT2D eigenvalue weighted by molar-refractivity contribution is -0.121. The van der Waals surface area contributed by atoms with Crippen molar-refractivity contribution in [2.24, 2.45) is 4.99 Å². The molecule has 1 unspecified atom stereocenters. The van der Waals surface area contributed by atoms with E-state index in [0.29, 0.717) is 38.4 Å². The van der Waals surface area contributed by atoms with Crippen LogP contribution in [0.4, 0.5) is 4.79 Å². The Kier molecular flexibility index (Phi) is 9.50. The average Bonchev–Trinajstić information content (AvgIpc) is 2.89. The van der Waals surface area contributed by atoms with Crippen LogP contribution in [0.5, 0.6) is 0 Å². The summed E-state index contributed by atoms with van der Waals surface area (Å²) in [4.78, 5) is 27.5. The van der Waals surface area contributed by atoms with Gasteiger partial charge in [-0.3, -0.25) is 9.79 Å². The second-order valence-electron chi connectivity index (χ2n) is 7.63. The molecule has 2 amide bonds. The van der Waals surface area contributed by atoms with Gasteiger partial charge in [0.1, 0.15) is 5.60 Å². The zero-order chi connectivity index (χ0) is 21.2. The molecule has 0 aromatic heterocycles. The van der Waals surface area contributed by atoms with E-state index in [1.54, 1.807) is 27.8 Å².